The number of pyridine rings is 1. The van der Waals surface area contributed by atoms with Crippen LogP contribution in [0, 0.1) is 6.92 Å². The third-order valence-electron chi connectivity index (χ3n) is 3.38. The van der Waals surface area contributed by atoms with E-state index in [4.69, 9.17) is 0 Å². The molecule has 0 saturated carbocycles. The van der Waals surface area contributed by atoms with Crippen molar-refractivity contribution in [3.63, 3.8) is 0 Å². The summed E-state index contributed by atoms with van der Waals surface area (Å²) in [7, 11) is 3.86. The van der Waals surface area contributed by atoms with E-state index < -0.39 is 5.97 Å². The Morgan fingerprint density at radius 1 is 1.30 bits per heavy atom. The van der Waals surface area contributed by atoms with Crippen LogP contribution in [0.25, 0.3) is 10.9 Å². The summed E-state index contributed by atoms with van der Waals surface area (Å²) in [5.74, 6) is -1.07. The lowest BCUT2D eigenvalue weighted by molar-refractivity contribution is 0.0683. The summed E-state index contributed by atoms with van der Waals surface area (Å²) in [6.07, 6.45) is 0. The third kappa shape index (κ3) is 2.44. The molecule has 0 aliphatic carbocycles. The van der Waals surface area contributed by atoms with Gasteiger partial charge in [0.15, 0.2) is 5.43 Å². The van der Waals surface area contributed by atoms with Crippen molar-refractivity contribution < 1.29 is 9.90 Å². The Labute approximate surface area is 117 Å². The molecule has 0 radical (unpaired) electrons. The second-order valence-corrected chi connectivity index (χ2v) is 5.08. The van der Waals surface area contributed by atoms with Gasteiger partial charge in [-0.15, -0.1) is 0 Å². The van der Waals surface area contributed by atoms with Crippen LogP contribution in [0.3, 0.4) is 0 Å². The number of hydrogen-bond acceptors (Lipinski definition) is 3. The summed E-state index contributed by atoms with van der Waals surface area (Å²) < 4.78 is 1.72. The molecule has 1 N–H and O–H groups in total. The van der Waals surface area contributed by atoms with Crippen molar-refractivity contribution in [2.75, 3.05) is 20.6 Å². The lowest BCUT2D eigenvalue weighted by Crippen LogP contribution is -2.26. The predicted molar refractivity (Wildman–Crippen MR) is 78.5 cm³/mol. The monoisotopic (exact) mass is 274 g/mol. The molecule has 2 aromatic rings. The van der Waals surface area contributed by atoms with Gasteiger partial charge in [-0.05, 0) is 33.2 Å². The SMILES string of the molecule is Cc1c(C(=O)O)n(CCN(C)C)c2ccccc2c1=O. The van der Waals surface area contributed by atoms with E-state index in [0.717, 1.165) is 0 Å². The molecule has 5 nitrogen and oxygen atoms in total. The van der Waals surface area contributed by atoms with Crippen LogP contribution in [0.2, 0.25) is 0 Å². The van der Waals surface area contributed by atoms with Gasteiger partial charge in [0.1, 0.15) is 5.69 Å². The van der Waals surface area contributed by atoms with Crippen LogP contribution in [0.15, 0.2) is 29.1 Å². The fraction of sp³-hybridized carbons (Fsp3) is 0.333. The van der Waals surface area contributed by atoms with Crippen molar-refractivity contribution in [1.29, 1.82) is 0 Å². The normalized spacial score (nSPS) is 11.2. The molecule has 5 heteroatoms. The number of likely N-dealkylation sites (N-methyl/N-ethyl adjacent to an activating group) is 1. The maximum Gasteiger partial charge on any atom is 0.352 e. The summed E-state index contributed by atoms with van der Waals surface area (Å²) in [5.41, 5.74) is 0.826. The maximum atomic E-state index is 12.3. The van der Waals surface area contributed by atoms with E-state index in [0.29, 0.717) is 24.0 Å². The van der Waals surface area contributed by atoms with Crippen molar-refractivity contribution in [3.8, 4) is 0 Å². The quantitative estimate of drug-likeness (QED) is 0.919. The predicted octanol–water partition coefficient (Wildman–Crippen LogP) is 1.57. The number of carboxylic acid groups (broad SMARTS) is 1. The first-order chi connectivity index (χ1) is 9.43. The van der Waals surface area contributed by atoms with Crippen LogP contribution < -0.4 is 5.43 Å². The number of rotatable bonds is 4. The van der Waals surface area contributed by atoms with Crippen molar-refractivity contribution in [1.82, 2.24) is 9.47 Å². The van der Waals surface area contributed by atoms with Gasteiger partial charge in [-0.25, -0.2) is 4.79 Å². The zero-order valence-corrected chi connectivity index (χ0v) is 11.9. The van der Waals surface area contributed by atoms with Gasteiger partial charge in [0.2, 0.25) is 0 Å². The van der Waals surface area contributed by atoms with Crippen molar-refractivity contribution in [3.05, 3.63) is 45.7 Å². The number of nitrogens with zero attached hydrogens (tertiary/aromatic N) is 2. The Morgan fingerprint density at radius 3 is 2.55 bits per heavy atom. The zero-order chi connectivity index (χ0) is 14.9. The standard InChI is InChI=1S/C15H18N2O3/c1-10-13(15(19)20)17(9-8-16(2)3)12-7-5-4-6-11(12)14(10)18/h4-7H,8-9H2,1-3H3,(H,19,20). The lowest BCUT2D eigenvalue weighted by atomic mass is 10.1. The molecule has 0 atom stereocenters. The highest BCUT2D eigenvalue weighted by atomic mass is 16.4. The van der Waals surface area contributed by atoms with E-state index in [1.54, 1.807) is 29.7 Å². The molecule has 0 saturated heterocycles. The van der Waals surface area contributed by atoms with Crippen LogP contribution in [-0.2, 0) is 6.54 Å². The molecule has 0 aliphatic heterocycles. The average molecular weight is 274 g/mol. The number of benzene rings is 1. The molecule has 0 unspecified atom stereocenters. The van der Waals surface area contributed by atoms with E-state index in [2.05, 4.69) is 0 Å². The molecule has 1 aromatic heterocycles. The summed E-state index contributed by atoms with van der Waals surface area (Å²) in [6.45, 7) is 2.80. The Hall–Kier alpha value is -2.14. The molecule has 0 fully saturated rings. The van der Waals surface area contributed by atoms with Crippen molar-refractivity contribution >= 4 is 16.9 Å². The smallest absolute Gasteiger partial charge is 0.352 e. The number of carbonyl (C=O) groups is 1. The van der Waals surface area contributed by atoms with Crippen LogP contribution in [-0.4, -0.2) is 41.2 Å². The first kappa shape index (κ1) is 14.3. The van der Waals surface area contributed by atoms with E-state index in [9.17, 15) is 14.7 Å². The van der Waals surface area contributed by atoms with E-state index in [-0.39, 0.29) is 16.7 Å². The molecular formula is C15H18N2O3. The molecule has 20 heavy (non-hydrogen) atoms. The molecule has 1 aromatic carbocycles. The van der Waals surface area contributed by atoms with Crippen LogP contribution in [0.5, 0.6) is 0 Å². The molecule has 1 heterocycles. The van der Waals surface area contributed by atoms with Gasteiger partial charge >= 0.3 is 5.97 Å². The minimum atomic E-state index is -1.07. The number of fused-ring (bicyclic) bond motifs is 1. The lowest BCUT2D eigenvalue weighted by Gasteiger charge is -2.18. The van der Waals surface area contributed by atoms with Gasteiger partial charge in [-0.1, -0.05) is 12.1 Å². The van der Waals surface area contributed by atoms with Crippen molar-refractivity contribution in [2.45, 2.75) is 13.5 Å². The molecule has 0 aliphatic rings. The number of para-hydroxylation sites is 1. The minimum absolute atomic E-state index is 0.0792. The zero-order valence-electron chi connectivity index (χ0n) is 11.9. The highest BCUT2D eigenvalue weighted by Gasteiger charge is 2.18. The van der Waals surface area contributed by atoms with Gasteiger partial charge in [0.05, 0.1) is 5.52 Å². The van der Waals surface area contributed by atoms with Gasteiger partial charge in [-0.3, -0.25) is 4.79 Å². The summed E-state index contributed by atoms with van der Waals surface area (Å²) in [5, 5.41) is 9.99. The Balaban J connectivity index is 2.79. The fourth-order valence-electron chi connectivity index (χ4n) is 2.34. The molecule has 0 bridgehead atoms. The van der Waals surface area contributed by atoms with Crippen LogP contribution >= 0.6 is 0 Å². The van der Waals surface area contributed by atoms with E-state index in [1.165, 1.54) is 0 Å². The van der Waals surface area contributed by atoms with Gasteiger partial charge in [0, 0.05) is 24.0 Å². The van der Waals surface area contributed by atoms with E-state index in [1.807, 2.05) is 25.1 Å². The minimum Gasteiger partial charge on any atom is -0.477 e. The number of aromatic carboxylic acids is 1. The number of aromatic nitrogens is 1. The first-order valence-electron chi connectivity index (χ1n) is 6.43. The molecular weight excluding hydrogens is 256 g/mol. The van der Waals surface area contributed by atoms with Gasteiger partial charge < -0.3 is 14.6 Å². The van der Waals surface area contributed by atoms with Crippen molar-refractivity contribution in [2.24, 2.45) is 0 Å². The highest BCUT2D eigenvalue weighted by Crippen LogP contribution is 2.16. The fourth-order valence-corrected chi connectivity index (χ4v) is 2.34. The Morgan fingerprint density at radius 2 is 1.95 bits per heavy atom. The van der Waals surface area contributed by atoms with Crippen LogP contribution in [0.4, 0.5) is 0 Å². The number of carboxylic acids is 1. The molecule has 0 amide bonds. The maximum absolute atomic E-state index is 12.3. The average Bonchev–Trinajstić information content (AvgIpc) is 2.40. The largest absolute Gasteiger partial charge is 0.477 e. The van der Waals surface area contributed by atoms with Gasteiger partial charge in [0.25, 0.3) is 0 Å². The van der Waals surface area contributed by atoms with Crippen LogP contribution in [0.1, 0.15) is 16.1 Å². The highest BCUT2D eigenvalue weighted by molar-refractivity contribution is 5.92. The second kappa shape index (κ2) is 5.46. The third-order valence-corrected chi connectivity index (χ3v) is 3.38. The molecule has 0 spiro atoms. The number of hydrogen-bond donors (Lipinski definition) is 1. The first-order valence-corrected chi connectivity index (χ1v) is 6.43. The summed E-state index contributed by atoms with van der Waals surface area (Å²) >= 11 is 0. The van der Waals surface area contributed by atoms with Gasteiger partial charge in [-0.2, -0.15) is 0 Å². The summed E-state index contributed by atoms with van der Waals surface area (Å²) in [6, 6.07) is 7.13. The topological polar surface area (TPSA) is 62.5 Å². The Bertz CT molecular complexity index is 717. The Kier molecular flexibility index (Phi) is 3.90. The molecule has 106 valence electrons. The second-order valence-electron chi connectivity index (χ2n) is 5.08. The summed E-state index contributed by atoms with van der Waals surface area (Å²) in [4.78, 5) is 25.7. The van der Waals surface area contributed by atoms with E-state index >= 15 is 0 Å². The molecule has 2 rings (SSSR count).